The summed E-state index contributed by atoms with van der Waals surface area (Å²) in [6, 6.07) is 14.5. The Morgan fingerprint density at radius 3 is 2.57 bits per heavy atom. The number of amides is 2. The first-order valence-corrected chi connectivity index (χ1v) is 14.8. The topological polar surface area (TPSA) is 115 Å². The Hall–Kier alpha value is -4.03. The smallest absolute Gasteiger partial charge is 0.253 e. The second-order valence-corrected chi connectivity index (χ2v) is 12.6. The van der Waals surface area contributed by atoms with Gasteiger partial charge in [-0.2, -0.15) is 5.26 Å². The highest BCUT2D eigenvalue weighted by Crippen LogP contribution is 2.53. The van der Waals surface area contributed by atoms with Crippen molar-refractivity contribution in [3.05, 3.63) is 82.1 Å². The molecule has 1 N–H and O–H groups in total. The van der Waals surface area contributed by atoms with Crippen molar-refractivity contribution in [3.63, 3.8) is 0 Å². The van der Waals surface area contributed by atoms with Crippen molar-refractivity contribution in [2.75, 3.05) is 20.6 Å². The summed E-state index contributed by atoms with van der Waals surface area (Å²) in [6.45, 7) is 6.48. The maximum atomic E-state index is 13.4. The fraction of sp³-hybridized carbons (Fsp3) is 0.485. The van der Waals surface area contributed by atoms with Gasteiger partial charge in [-0.1, -0.05) is 36.8 Å². The van der Waals surface area contributed by atoms with Crippen LogP contribution >= 0.6 is 0 Å². The van der Waals surface area contributed by atoms with Gasteiger partial charge in [0.25, 0.3) is 5.91 Å². The van der Waals surface area contributed by atoms with Crippen LogP contribution in [0.5, 0.6) is 0 Å². The molecule has 0 radical (unpaired) electrons. The minimum absolute atomic E-state index is 0.0266. The lowest BCUT2D eigenvalue weighted by Gasteiger charge is -2.36. The Kier molecular flexibility index (Phi) is 7.14. The zero-order chi connectivity index (χ0) is 29.8. The summed E-state index contributed by atoms with van der Waals surface area (Å²) in [6.07, 6.45) is 4.27. The maximum Gasteiger partial charge on any atom is 0.253 e. The highest BCUT2D eigenvalue weighted by atomic mass is 16.4. The number of nitrogens with one attached hydrogen (secondary N) is 1. The highest BCUT2D eigenvalue weighted by molar-refractivity contribution is 5.94. The molecule has 9 nitrogen and oxygen atoms in total. The molecular formula is C33H38N6O3. The van der Waals surface area contributed by atoms with E-state index in [0.717, 1.165) is 36.0 Å². The lowest BCUT2D eigenvalue weighted by atomic mass is 9.68. The van der Waals surface area contributed by atoms with Crippen molar-refractivity contribution < 1.29 is 14.0 Å². The van der Waals surface area contributed by atoms with Crippen LogP contribution in [-0.4, -0.2) is 70.6 Å². The van der Waals surface area contributed by atoms with E-state index in [0.29, 0.717) is 29.7 Å². The molecule has 0 spiro atoms. The molecule has 2 aromatic carbocycles. The van der Waals surface area contributed by atoms with Crippen molar-refractivity contribution in [1.29, 1.82) is 5.26 Å². The van der Waals surface area contributed by atoms with Gasteiger partial charge in [0.05, 0.1) is 12.6 Å². The summed E-state index contributed by atoms with van der Waals surface area (Å²) in [4.78, 5) is 29.7. The number of nitriles is 1. The Morgan fingerprint density at radius 1 is 1.19 bits per heavy atom. The number of benzene rings is 2. The van der Waals surface area contributed by atoms with Crippen LogP contribution in [0.2, 0.25) is 0 Å². The van der Waals surface area contributed by atoms with Crippen LogP contribution in [0.25, 0.3) is 0 Å². The standard InChI is InChI=1S/C33H38N6O3/c1-19-6-10-27-22(12-19)7-8-23-13-24(31(41)38(4)5)9-11-28(23)33(27,32-37-36-18-42-32)15-20(2)35-17-29(40)39-25(16-34)14-26-21(3)30(26)39/h6,9-13,18,20-21,25-26,30,35H,7-8,14-15,17H2,1-5H3/t20-,21?,25?,26?,30?,33?/m1/s1. The number of likely N-dealkylation sites (tertiary alicyclic amines) is 1. The first-order chi connectivity index (χ1) is 20.1. The lowest BCUT2D eigenvalue weighted by Crippen LogP contribution is -2.47. The third kappa shape index (κ3) is 4.58. The van der Waals surface area contributed by atoms with Gasteiger partial charge >= 0.3 is 0 Å². The van der Waals surface area contributed by atoms with Crippen LogP contribution in [0.4, 0.5) is 0 Å². The summed E-state index contributed by atoms with van der Waals surface area (Å²) < 4.78 is 6.02. The summed E-state index contributed by atoms with van der Waals surface area (Å²) in [5, 5.41) is 21.7. The molecule has 2 fully saturated rings. The molecule has 6 atom stereocenters. The van der Waals surface area contributed by atoms with E-state index < -0.39 is 5.41 Å². The highest BCUT2D eigenvalue weighted by Gasteiger charge is 2.60. The Labute approximate surface area is 246 Å². The molecule has 42 heavy (non-hydrogen) atoms. The van der Waals surface area contributed by atoms with E-state index in [4.69, 9.17) is 4.42 Å². The van der Waals surface area contributed by atoms with Gasteiger partial charge in [0.1, 0.15) is 11.5 Å². The first-order valence-electron chi connectivity index (χ1n) is 14.8. The van der Waals surface area contributed by atoms with E-state index in [1.165, 1.54) is 17.5 Å². The van der Waals surface area contributed by atoms with Gasteiger partial charge in [-0.05, 0) is 85.8 Å². The van der Waals surface area contributed by atoms with Gasteiger partial charge in [-0.15, -0.1) is 10.2 Å². The number of carbonyl (C=O) groups is 2. The number of nitrogens with zero attached hydrogens (tertiary/aromatic N) is 5. The predicted octanol–water partition coefficient (Wildman–Crippen LogP) is 3.64. The lowest BCUT2D eigenvalue weighted by molar-refractivity contribution is -0.131. The number of hydrogen-bond acceptors (Lipinski definition) is 7. The molecule has 1 saturated heterocycles. The van der Waals surface area contributed by atoms with Gasteiger partial charge in [0, 0.05) is 31.7 Å². The molecule has 2 amide bonds. The number of aryl methyl sites for hydroxylation is 3. The molecule has 3 aromatic rings. The first kappa shape index (κ1) is 28.1. The van der Waals surface area contributed by atoms with E-state index in [9.17, 15) is 14.9 Å². The minimum atomic E-state index is -0.792. The normalized spacial score (nSPS) is 26.3. The number of fused-ring (bicyclic) bond motifs is 3. The molecular weight excluding hydrogens is 528 g/mol. The van der Waals surface area contributed by atoms with Crippen molar-refractivity contribution in [1.82, 2.24) is 25.3 Å². The molecule has 3 aliphatic rings. The molecule has 1 aliphatic heterocycles. The zero-order valence-electron chi connectivity index (χ0n) is 24.9. The Balaban J connectivity index is 1.38. The van der Waals surface area contributed by atoms with Crippen molar-refractivity contribution in [2.45, 2.75) is 70.0 Å². The van der Waals surface area contributed by atoms with E-state index in [1.807, 2.05) is 23.1 Å². The molecule has 1 saturated carbocycles. The minimum Gasteiger partial charge on any atom is -0.427 e. The van der Waals surface area contributed by atoms with Crippen molar-refractivity contribution in [2.24, 2.45) is 11.8 Å². The average Bonchev–Trinajstić information content (AvgIpc) is 3.34. The molecule has 218 valence electrons. The molecule has 0 bridgehead atoms. The average molecular weight is 567 g/mol. The Bertz CT molecular complexity index is 1560. The number of rotatable bonds is 7. The quantitative estimate of drug-likeness (QED) is 0.464. The van der Waals surface area contributed by atoms with Crippen LogP contribution in [0.1, 0.15) is 70.8 Å². The van der Waals surface area contributed by atoms with Gasteiger partial charge in [0.2, 0.25) is 18.2 Å². The summed E-state index contributed by atoms with van der Waals surface area (Å²) in [7, 11) is 3.52. The van der Waals surface area contributed by atoms with E-state index in [2.05, 4.69) is 60.6 Å². The van der Waals surface area contributed by atoms with Gasteiger partial charge in [-0.25, -0.2) is 0 Å². The molecule has 5 unspecified atom stereocenters. The molecule has 6 rings (SSSR count). The summed E-state index contributed by atoms with van der Waals surface area (Å²) in [5.41, 5.74) is 5.42. The SMILES string of the molecule is Cc1ccc2c(c1)CCc1cc(C(=O)N(C)C)ccc1C2(C[C@@H](C)NCC(=O)N1C(C#N)CC2C(C)C21)c1nnco1. The summed E-state index contributed by atoms with van der Waals surface area (Å²) in [5.74, 6) is 1.33. The predicted molar refractivity (Wildman–Crippen MR) is 157 cm³/mol. The zero-order valence-corrected chi connectivity index (χ0v) is 24.9. The number of hydrogen-bond donors (Lipinski definition) is 1. The largest absolute Gasteiger partial charge is 0.427 e. The van der Waals surface area contributed by atoms with Gasteiger partial charge < -0.3 is 19.5 Å². The Morgan fingerprint density at radius 2 is 1.90 bits per heavy atom. The molecule has 1 aromatic heterocycles. The van der Waals surface area contributed by atoms with E-state index in [1.54, 1.807) is 19.0 Å². The van der Waals surface area contributed by atoms with Crippen LogP contribution in [0, 0.1) is 30.1 Å². The van der Waals surface area contributed by atoms with E-state index in [-0.39, 0.29) is 36.5 Å². The number of piperidine rings is 1. The number of aromatic nitrogens is 2. The number of carbonyl (C=O) groups excluding carboxylic acids is 2. The second-order valence-electron chi connectivity index (χ2n) is 12.6. The fourth-order valence-corrected chi connectivity index (χ4v) is 7.52. The second kappa shape index (κ2) is 10.7. The molecule has 2 aliphatic carbocycles. The third-order valence-electron chi connectivity index (χ3n) is 9.64. The fourth-order valence-electron chi connectivity index (χ4n) is 7.52. The van der Waals surface area contributed by atoms with E-state index >= 15 is 0 Å². The third-order valence-corrected chi connectivity index (χ3v) is 9.64. The van der Waals surface area contributed by atoms with Crippen LogP contribution in [0.3, 0.4) is 0 Å². The van der Waals surface area contributed by atoms with Crippen LogP contribution in [0.15, 0.2) is 47.2 Å². The monoisotopic (exact) mass is 566 g/mol. The van der Waals surface area contributed by atoms with Crippen LogP contribution in [-0.2, 0) is 23.1 Å². The van der Waals surface area contributed by atoms with Gasteiger partial charge in [0.15, 0.2) is 0 Å². The summed E-state index contributed by atoms with van der Waals surface area (Å²) >= 11 is 0. The van der Waals surface area contributed by atoms with Crippen molar-refractivity contribution in [3.8, 4) is 6.07 Å². The van der Waals surface area contributed by atoms with Crippen LogP contribution < -0.4 is 5.32 Å². The molecule has 2 heterocycles. The van der Waals surface area contributed by atoms with Crippen molar-refractivity contribution >= 4 is 11.8 Å². The molecule has 9 heteroatoms. The maximum absolute atomic E-state index is 13.4. The van der Waals surface area contributed by atoms with Gasteiger partial charge in [-0.3, -0.25) is 9.59 Å².